The number of hydrogen-bond acceptors (Lipinski definition) is 5. The smallest absolute Gasteiger partial charge is 0.329 e. The number of carbonyl (C=O) groups is 4. The molecule has 0 unspecified atom stereocenters. The first-order chi connectivity index (χ1) is 13.8. The van der Waals surface area contributed by atoms with Gasteiger partial charge in [-0.1, -0.05) is 24.3 Å². The lowest BCUT2D eigenvalue weighted by molar-refractivity contribution is -0.164. The Hall–Kier alpha value is -3.03. The maximum absolute atomic E-state index is 12.9. The van der Waals surface area contributed by atoms with Crippen molar-refractivity contribution < 1.29 is 28.3 Å². The van der Waals surface area contributed by atoms with Crippen molar-refractivity contribution in [3.63, 3.8) is 0 Å². The van der Waals surface area contributed by atoms with E-state index in [9.17, 15) is 23.6 Å². The second kappa shape index (κ2) is 8.55. The van der Waals surface area contributed by atoms with Crippen LogP contribution in [0, 0.1) is 17.7 Å². The topological polar surface area (TPSA) is 92.8 Å². The minimum atomic E-state index is -1.11. The van der Waals surface area contributed by atoms with E-state index in [-0.39, 0.29) is 24.2 Å². The number of likely N-dealkylation sites (tertiary alicyclic amines) is 1. The van der Waals surface area contributed by atoms with E-state index in [0.717, 1.165) is 4.90 Å². The number of allylic oxidation sites excluding steroid dienone is 2. The maximum Gasteiger partial charge on any atom is 0.329 e. The van der Waals surface area contributed by atoms with Gasteiger partial charge in [0, 0.05) is 6.54 Å². The molecule has 2 aliphatic rings. The molecule has 8 heteroatoms. The standard InChI is InChI=1S/C21H23FN2O5/c1-12(24-19(26)16-5-3-4-6-17(16)20(24)27)21(28)29-13(2)18(25)23-11-14-7-9-15(22)10-8-14/h3-4,7-10,12-13,16-17H,5-6,11H2,1-2H3,(H,23,25)/t12-,13+,16-,17+/m0/s1. The molecule has 3 rings (SSSR count). The number of nitrogens with zero attached hydrogens (tertiary/aromatic N) is 1. The minimum absolute atomic E-state index is 0.149. The average molecular weight is 402 g/mol. The maximum atomic E-state index is 12.9. The molecule has 0 aromatic heterocycles. The van der Waals surface area contributed by atoms with Gasteiger partial charge in [0.2, 0.25) is 11.8 Å². The number of imide groups is 1. The molecule has 1 N–H and O–H groups in total. The predicted molar refractivity (Wildman–Crippen MR) is 100 cm³/mol. The fraction of sp³-hybridized carbons (Fsp3) is 0.429. The first kappa shape index (κ1) is 20.7. The molecule has 1 fully saturated rings. The number of amides is 3. The molecule has 29 heavy (non-hydrogen) atoms. The zero-order valence-electron chi connectivity index (χ0n) is 16.3. The van der Waals surface area contributed by atoms with Crippen LogP contribution in [0.3, 0.4) is 0 Å². The van der Waals surface area contributed by atoms with Crippen molar-refractivity contribution in [2.75, 3.05) is 0 Å². The van der Waals surface area contributed by atoms with Crippen LogP contribution in [0.1, 0.15) is 32.3 Å². The van der Waals surface area contributed by atoms with Crippen LogP contribution in [0.2, 0.25) is 0 Å². The fourth-order valence-corrected chi connectivity index (χ4v) is 3.57. The number of nitrogens with one attached hydrogen (secondary N) is 1. The van der Waals surface area contributed by atoms with Crippen molar-refractivity contribution in [2.45, 2.75) is 45.4 Å². The monoisotopic (exact) mass is 402 g/mol. The van der Waals surface area contributed by atoms with Crippen molar-refractivity contribution in [2.24, 2.45) is 11.8 Å². The third-order valence-electron chi connectivity index (χ3n) is 5.31. The summed E-state index contributed by atoms with van der Waals surface area (Å²) in [6.07, 6.45) is 3.59. The highest BCUT2D eigenvalue weighted by atomic mass is 19.1. The molecule has 3 amide bonds. The third kappa shape index (κ3) is 4.36. The highest BCUT2D eigenvalue weighted by molar-refractivity contribution is 6.08. The van der Waals surface area contributed by atoms with Crippen molar-refractivity contribution in [1.29, 1.82) is 0 Å². The molecule has 1 aliphatic heterocycles. The first-order valence-corrected chi connectivity index (χ1v) is 9.54. The van der Waals surface area contributed by atoms with Gasteiger partial charge in [-0.15, -0.1) is 0 Å². The van der Waals surface area contributed by atoms with Gasteiger partial charge in [-0.2, -0.15) is 0 Å². The summed E-state index contributed by atoms with van der Waals surface area (Å²) in [6, 6.07) is 4.53. The van der Waals surface area contributed by atoms with Gasteiger partial charge in [-0.3, -0.25) is 19.3 Å². The number of halogens is 1. The molecule has 154 valence electrons. The van der Waals surface area contributed by atoms with Crippen LogP contribution in [-0.2, 0) is 30.5 Å². The Balaban J connectivity index is 1.54. The number of carbonyl (C=O) groups excluding carboxylic acids is 4. The summed E-state index contributed by atoms with van der Waals surface area (Å²) in [6.45, 7) is 2.98. The zero-order chi connectivity index (χ0) is 21.1. The van der Waals surface area contributed by atoms with E-state index in [1.165, 1.54) is 38.1 Å². The highest BCUT2D eigenvalue weighted by Gasteiger charge is 2.50. The number of fused-ring (bicyclic) bond motifs is 1. The second-order valence-corrected chi connectivity index (χ2v) is 7.30. The van der Waals surface area contributed by atoms with E-state index in [0.29, 0.717) is 18.4 Å². The van der Waals surface area contributed by atoms with Gasteiger partial charge in [-0.25, -0.2) is 9.18 Å². The molecule has 1 saturated heterocycles. The predicted octanol–water partition coefficient (Wildman–Crippen LogP) is 1.71. The van der Waals surface area contributed by atoms with E-state index in [1.807, 2.05) is 12.2 Å². The van der Waals surface area contributed by atoms with Crippen LogP contribution in [-0.4, -0.2) is 40.7 Å². The van der Waals surface area contributed by atoms with Crippen molar-refractivity contribution in [3.8, 4) is 0 Å². The number of rotatable bonds is 6. The van der Waals surface area contributed by atoms with Gasteiger partial charge >= 0.3 is 5.97 Å². The summed E-state index contributed by atoms with van der Waals surface area (Å²) < 4.78 is 18.1. The third-order valence-corrected chi connectivity index (χ3v) is 5.31. The van der Waals surface area contributed by atoms with Gasteiger partial charge in [0.25, 0.3) is 5.91 Å². The Bertz CT molecular complexity index is 825. The van der Waals surface area contributed by atoms with Crippen LogP contribution in [0.15, 0.2) is 36.4 Å². The molecule has 0 spiro atoms. The van der Waals surface area contributed by atoms with Gasteiger partial charge in [0.1, 0.15) is 11.9 Å². The van der Waals surface area contributed by atoms with Gasteiger partial charge in [-0.05, 0) is 44.4 Å². The second-order valence-electron chi connectivity index (χ2n) is 7.30. The van der Waals surface area contributed by atoms with Crippen molar-refractivity contribution in [3.05, 3.63) is 47.8 Å². The number of hydrogen-bond donors (Lipinski definition) is 1. The molecule has 1 aromatic rings. The average Bonchev–Trinajstić information content (AvgIpc) is 2.97. The van der Waals surface area contributed by atoms with E-state index in [1.54, 1.807) is 0 Å². The Morgan fingerprint density at radius 1 is 1.10 bits per heavy atom. The minimum Gasteiger partial charge on any atom is -0.451 e. The lowest BCUT2D eigenvalue weighted by atomic mass is 9.85. The Morgan fingerprint density at radius 2 is 1.66 bits per heavy atom. The number of esters is 1. The summed E-state index contributed by atoms with van der Waals surface area (Å²) in [5, 5.41) is 2.60. The highest BCUT2D eigenvalue weighted by Crippen LogP contribution is 2.36. The number of benzene rings is 1. The molecule has 0 radical (unpaired) electrons. The Kier molecular flexibility index (Phi) is 6.10. The van der Waals surface area contributed by atoms with Gasteiger partial charge in [0.05, 0.1) is 11.8 Å². The molecule has 1 aliphatic carbocycles. The zero-order valence-corrected chi connectivity index (χ0v) is 16.3. The molecular weight excluding hydrogens is 379 g/mol. The van der Waals surface area contributed by atoms with Crippen LogP contribution < -0.4 is 5.32 Å². The summed E-state index contributed by atoms with van der Waals surface area (Å²) in [5.74, 6) is -3.34. The summed E-state index contributed by atoms with van der Waals surface area (Å²) in [5.41, 5.74) is 0.691. The van der Waals surface area contributed by atoms with Crippen molar-refractivity contribution in [1.82, 2.24) is 10.2 Å². The summed E-state index contributed by atoms with van der Waals surface area (Å²) in [4.78, 5) is 50.7. The molecule has 4 atom stereocenters. The van der Waals surface area contributed by atoms with Crippen LogP contribution in [0.25, 0.3) is 0 Å². The lowest BCUT2D eigenvalue weighted by Crippen LogP contribution is -2.46. The molecular formula is C21H23FN2O5. The first-order valence-electron chi connectivity index (χ1n) is 9.54. The largest absolute Gasteiger partial charge is 0.451 e. The lowest BCUT2D eigenvalue weighted by Gasteiger charge is -2.23. The molecule has 1 heterocycles. The SMILES string of the molecule is C[C@@H](OC(=O)[C@H](C)N1C(=O)[C@H]2CC=CC[C@H]2C1=O)C(=O)NCc1ccc(F)cc1. The number of ether oxygens (including phenoxy) is 1. The Morgan fingerprint density at radius 3 is 2.21 bits per heavy atom. The molecule has 0 bridgehead atoms. The van der Waals surface area contributed by atoms with E-state index in [4.69, 9.17) is 4.74 Å². The summed E-state index contributed by atoms with van der Waals surface area (Å²) in [7, 11) is 0. The normalized spacial score (nSPS) is 22.8. The van der Waals surface area contributed by atoms with Gasteiger partial charge in [0.15, 0.2) is 6.10 Å². The van der Waals surface area contributed by atoms with Crippen LogP contribution in [0.5, 0.6) is 0 Å². The van der Waals surface area contributed by atoms with E-state index < -0.39 is 35.9 Å². The van der Waals surface area contributed by atoms with E-state index in [2.05, 4.69) is 5.32 Å². The van der Waals surface area contributed by atoms with Crippen LogP contribution in [0.4, 0.5) is 4.39 Å². The molecule has 0 saturated carbocycles. The summed E-state index contributed by atoms with van der Waals surface area (Å²) >= 11 is 0. The van der Waals surface area contributed by atoms with Crippen molar-refractivity contribution >= 4 is 23.7 Å². The Labute approximate surface area is 167 Å². The van der Waals surface area contributed by atoms with Gasteiger partial charge < -0.3 is 10.1 Å². The quantitative estimate of drug-likeness (QED) is 0.444. The molecule has 1 aromatic carbocycles. The molecule has 7 nitrogen and oxygen atoms in total. The fourth-order valence-electron chi connectivity index (χ4n) is 3.57. The van der Waals surface area contributed by atoms with Crippen LogP contribution >= 0.6 is 0 Å². The van der Waals surface area contributed by atoms with E-state index >= 15 is 0 Å².